The minimum atomic E-state index is -0.119. The predicted molar refractivity (Wildman–Crippen MR) is 71.7 cm³/mol. The van der Waals surface area contributed by atoms with Gasteiger partial charge in [-0.15, -0.1) is 0 Å². The molecule has 100 valence electrons. The molecule has 0 aliphatic heterocycles. The third-order valence-electron chi connectivity index (χ3n) is 4.13. The van der Waals surface area contributed by atoms with Crippen molar-refractivity contribution in [3.8, 4) is 0 Å². The van der Waals surface area contributed by atoms with Gasteiger partial charge in [-0.3, -0.25) is 9.48 Å². The second-order valence-electron chi connectivity index (χ2n) is 5.31. The summed E-state index contributed by atoms with van der Waals surface area (Å²) < 4.78 is 1.52. The first kappa shape index (κ1) is 13.4. The minimum Gasteiger partial charge on any atom is -0.348 e. The number of hydrogen-bond donors (Lipinski definition) is 1. The monoisotopic (exact) mass is 269 g/mol. The maximum absolute atomic E-state index is 12.2. The summed E-state index contributed by atoms with van der Waals surface area (Å²) in [5.74, 6) is 1.05. The van der Waals surface area contributed by atoms with Gasteiger partial charge in [0.05, 0.1) is 11.2 Å². The maximum atomic E-state index is 12.2. The lowest BCUT2D eigenvalue weighted by atomic mass is 9.78. The molecule has 1 fully saturated rings. The number of nitrogens with one attached hydrogen (secondary N) is 1. The molecule has 4 nitrogen and oxygen atoms in total. The summed E-state index contributed by atoms with van der Waals surface area (Å²) >= 11 is 5.98. The van der Waals surface area contributed by atoms with E-state index in [2.05, 4.69) is 24.3 Å². The number of aryl methyl sites for hydroxylation is 1. The van der Waals surface area contributed by atoms with Crippen LogP contribution in [0.4, 0.5) is 0 Å². The van der Waals surface area contributed by atoms with Gasteiger partial charge in [0.15, 0.2) is 0 Å². The molecule has 1 aromatic rings. The van der Waals surface area contributed by atoms with Crippen LogP contribution >= 0.6 is 11.6 Å². The van der Waals surface area contributed by atoms with Crippen LogP contribution in [0.3, 0.4) is 0 Å². The lowest BCUT2D eigenvalue weighted by Gasteiger charge is -2.34. The average Bonchev–Trinajstić information content (AvgIpc) is 2.65. The van der Waals surface area contributed by atoms with Crippen LogP contribution < -0.4 is 5.32 Å². The van der Waals surface area contributed by atoms with Crippen LogP contribution in [-0.2, 0) is 7.05 Å². The third kappa shape index (κ3) is 2.53. The van der Waals surface area contributed by atoms with Gasteiger partial charge in [0, 0.05) is 13.1 Å². The number of carbonyl (C=O) groups excluding carboxylic acids is 1. The van der Waals surface area contributed by atoms with Gasteiger partial charge >= 0.3 is 0 Å². The molecule has 18 heavy (non-hydrogen) atoms. The van der Waals surface area contributed by atoms with Crippen LogP contribution in [0.2, 0.25) is 5.02 Å². The summed E-state index contributed by atoms with van der Waals surface area (Å²) in [6.07, 6.45) is 4.98. The largest absolute Gasteiger partial charge is 0.348 e. The molecule has 0 unspecified atom stereocenters. The van der Waals surface area contributed by atoms with Crippen molar-refractivity contribution in [2.24, 2.45) is 18.9 Å². The first-order valence-corrected chi connectivity index (χ1v) is 6.87. The molecule has 2 rings (SSSR count). The van der Waals surface area contributed by atoms with Crippen LogP contribution in [0.15, 0.2) is 6.20 Å². The number of rotatable bonds is 2. The highest BCUT2D eigenvalue weighted by molar-refractivity contribution is 6.33. The topological polar surface area (TPSA) is 46.9 Å². The molecule has 0 bridgehead atoms. The van der Waals surface area contributed by atoms with Crippen molar-refractivity contribution in [2.75, 3.05) is 0 Å². The summed E-state index contributed by atoms with van der Waals surface area (Å²) in [7, 11) is 1.73. The van der Waals surface area contributed by atoms with E-state index in [0.29, 0.717) is 22.6 Å². The van der Waals surface area contributed by atoms with Crippen molar-refractivity contribution in [1.29, 1.82) is 0 Å². The normalized spacial score (nSPS) is 28.1. The van der Waals surface area contributed by atoms with Gasteiger partial charge in [-0.25, -0.2) is 0 Å². The van der Waals surface area contributed by atoms with Gasteiger partial charge in [-0.05, 0) is 18.3 Å². The quantitative estimate of drug-likeness (QED) is 0.897. The molecule has 3 atom stereocenters. The molecule has 1 saturated carbocycles. The number of nitrogens with zero attached hydrogens (tertiary/aromatic N) is 2. The summed E-state index contributed by atoms with van der Waals surface area (Å²) in [5.41, 5.74) is 0.446. The summed E-state index contributed by atoms with van der Waals surface area (Å²) in [4.78, 5) is 12.2. The highest BCUT2D eigenvalue weighted by Gasteiger charge is 2.29. The maximum Gasteiger partial charge on any atom is 0.271 e. The van der Waals surface area contributed by atoms with Crippen molar-refractivity contribution in [1.82, 2.24) is 15.1 Å². The molecule has 1 heterocycles. The number of hydrogen-bond acceptors (Lipinski definition) is 2. The highest BCUT2D eigenvalue weighted by Crippen LogP contribution is 2.29. The second kappa shape index (κ2) is 5.31. The van der Waals surface area contributed by atoms with Crippen molar-refractivity contribution >= 4 is 17.5 Å². The van der Waals surface area contributed by atoms with E-state index >= 15 is 0 Å². The Balaban J connectivity index is 2.08. The lowest BCUT2D eigenvalue weighted by molar-refractivity contribution is 0.0881. The van der Waals surface area contributed by atoms with E-state index in [-0.39, 0.29) is 11.9 Å². The summed E-state index contributed by atoms with van der Waals surface area (Å²) in [6, 6.07) is 0.243. The van der Waals surface area contributed by atoms with Crippen LogP contribution in [0, 0.1) is 11.8 Å². The van der Waals surface area contributed by atoms with Crippen molar-refractivity contribution in [3.05, 3.63) is 16.9 Å². The third-order valence-corrected chi connectivity index (χ3v) is 4.41. The zero-order chi connectivity index (χ0) is 13.3. The zero-order valence-electron chi connectivity index (χ0n) is 11.1. The molecule has 0 radical (unpaired) electrons. The Morgan fingerprint density at radius 3 is 2.83 bits per heavy atom. The molecular formula is C13H20ClN3O. The predicted octanol–water partition coefficient (Wildman–Crippen LogP) is 2.63. The molecule has 1 amide bonds. The van der Waals surface area contributed by atoms with Gasteiger partial charge in [-0.2, -0.15) is 5.10 Å². The molecule has 1 aliphatic rings. The average molecular weight is 270 g/mol. The number of halogens is 1. The molecule has 1 N–H and O–H groups in total. The lowest BCUT2D eigenvalue weighted by Crippen LogP contribution is -2.44. The molecular weight excluding hydrogens is 250 g/mol. The van der Waals surface area contributed by atoms with Crippen LogP contribution in [-0.4, -0.2) is 21.7 Å². The van der Waals surface area contributed by atoms with Crippen LogP contribution in [0.5, 0.6) is 0 Å². The van der Waals surface area contributed by atoms with Gasteiger partial charge < -0.3 is 5.32 Å². The van der Waals surface area contributed by atoms with Gasteiger partial charge in [0.25, 0.3) is 5.91 Å². The van der Waals surface area contributed by atoms with Gasteiger partial charge in [-0.1, -0.05) is 38.3 Å². The Kier molecular flexibility index (Phi) is 3.95. The number of aromatic nitrogens is 2. The van der Waals surface area contributed by atoms with Crippen LogP contribution in [0.25, 0.3) is 0 Å². The molecule has 1 aromatic heterocycles. The van der Waals surface area contributed by atoms with Gasteiger partial charge in [0.1, 0.15) is 5.69 Å². The van der Waals surface area contributed by atoms with Crippen LogP contribution in [0.1, 0.15) is 43.6 Å². The zero-order valence-corrected chi connectivity index (χ0v) is 11.9. The van der Waals surface area contributed by atoms with E-state index in [1.54, 1.807) is 7.05 Å². The Morgan fingerprint density at radius 2 is 2.22 bits per heavy atom. The first-order chi connectivity index (χ1) is 8.50. The fourth-order valence-corrected chi connectivity index (χ4v) is 2.94. The fourth-order valence-electron chi connectivity index (χ4n) is 2.69. The van der Waals surface area contributed by atoms with E-state index < -0.39 is 0 Å². The van der Waals surface area contributed by atoms with Crippen molar-refractivity contribution in [3.63, 3.8) is 0 Å². The summed E-state index contributed by atoms with van der Waals surface area (Å²) in [6.45, 7) is 4.46. The smallest absolute Gasteiger partial charge is 0.271 e. The molecule has 1 aliphatic carbocycles. The van der Waals surface area contributed by atoms with Gasteiger partial charge in [0.2, 0.25) is 0 Å². The Bertz CT molecular complexity index is 424. The Morgan fingerprint density at radius 1 is 1.50 bits per heavy atom. The standard InChI is InChI=1S/C13H20ClN3O/c1-8-5-4-6-11(9(8)2)16-13(18)12-10(14)7-15-17(12)3/h7-9,11H,4-6H2,1-3H3,(H,16,18)/t8-,9+,11-/m0/s1. The van der Waals surface area contributed by atoms with E-state index in [0.717, 1.165) is 6.42 Å². The second-order valence-corrected chi connectivity index (χ2v) is 5.72. The van der Waals surface area contributed by atoms with E-state index in [4.69, 9.17) is 11.6 Å². The number of amides is 1. The number of carbonyl (C=O) groups is 1. The van der Waals surface area contributed by atoms with E-state index in [1.165, 1.54) is 23.7 Å². The first-order valence-electron chi connectivity index (χ1n) is 6.49. The van der Waals surface area contributed by atoms with E-state index in [9.17, 15) is 4.79 Å². The molecule has 0 spiro atoms. The summed E-state index contributed by atoms with van der Waals surface area (Å²) in [5, 5.41) is 7.50. The fraction of sp³-hybridized carbons (Fsp3) is 0.692. The minimum absolute atomic E-state index is 0.119. The van der Waals surface area contributed by atoms with Crippen molar-refractivity contribution in [2.45, 2.75) is 39.2 Å². The molecule has 5 heteroatoms. The van der Waals surface area contributed by atoms with Crippen molar-refractivity contribution < 1.29 is 4.79 Å². The SMILES string of the molecule is C[C@H]1[C@@H](NC(=O)c2c(Cl)cnn2C)CCC[C@@H]1C. The Hall–Kier alpha value is -1.03. The van der Waals surface area contributed by atoms with E-state index in [1.807, 2.05) is 0 Å². The molecule has 0 aromatic carbocycles. The molecule has 0 saturated heterocycles. The Labute approximate surface area is 113 Å². The highest BCUT2D eigenvalue weighted by atomic mass is 35.5.